The second-order valence-corrected chi connectivity index (χ2v) is 24.1. The summed E-state index contributed by atoms with van der Waals surface area (Å²) in [4.78, 5) is 30.2. The van der Waals surface area contributed by atoms with E-state index in [-0.39, 0.29) is 29.0 Å². The maximum atomic E-state index is 14.4. The first kappa shape index (κ1) is 34.0. The van der Waals surface area contributed by atoms with Gasteiger partial charge in [-0.1, -0.05) is 75.9 Å². The fourth-order valence-electron chi connectivity index (χ4n) is 5.04. The summed E-state index contributed by atoms with van der Waals surface area (Å²) in [5.41, 5.74) is -1.89. The molecule has 2 rings (SSSR count). The van der Waals surface area contributed by atoms with Crippen LogP contribution in [0.5, 0.6) is 5.75 Å². The van der Waals surface area contributed by atoms with Crippen LogP contribution in [0.15, 0.2) is 36.4 Å². The van der Waals surface area contributed by atoms with E-state index in [2.05, 4.69) is 76.1 Å². The summed E-state index contributed by atoms with van der Waals surface area (Å²) in [5, 5.41) is -0.134. The van der Waals surface area contributed by atoms with E-state index >= 15 is 0 Å². The van der Waals surface area contributed by atoms with Crippen LogP contribution in [0.2, 0.25) is 31.2 Å². The van der Waals surface area contributed by atoms with E-state index in [4.69, 9.17) is 18.3 Å². The van der Waals surface area contributed by atoms with Crippen LogP contribution < -0.4 is 4.74 Å². The van der Waals surface area contributed by atoms with E-state index < -0.39 is 39.8 Å². The number of hydrogen-bond donors (Lipinski definition) is 0. The number of esters is 1. The molecular formula is C29H48INO6Si2. The second-order valence-electron chi connectivity index (χ2n) is 13.0. The molecule has 220 valence electrons. The van der Waals surface area contributed by atoms with Crippen molar-refractivity contribution in [3.63, 3.8) is 0 Å². The van der Waals surface area contributed by atoms with E-state index in [1.54, 1.807) is 12.0 Å². The Kier molecular flexibility index (Phi) is 10.4. The number of ether oxygens (including phenoxy) is 2. The highest BCUT2D eigenvalue weighted by Gasteiger charge is 2.74. The number of carbonyl (C=O) groups is 2. The molecule has 1 aliphatic heterocycles. The summed E-state index contributed by atoms with van der Waals surface area (Å²) in [6, 6.07) is 7.49. The smallest absolute Gasteiger partial charge is 0.337 e. The number of hydrogen-bond acceptors (Lipinski definition) is 6. The lowest BCUT2D eigenvalue weighted by Crippen LogP contribution is -2.74. The van der Waals surface area contributed by atoms with Gasteiger partial charge in [0.05, 0.1) is 20.3 Å². The van der Waals surface area contributed by atoms with Crippen molar-refractivity contribution >= 4 is 51.1 Å². The largest absolute Gasteiger partial charge is 0.497 e. The third-order valence-electron chi connectivity index (χ3n) is 8.28. The van der Waals surface area contributed by atoms with E-state index in [0.29, 0.717) is 5.75 Å². The van der Waals surface area contributed by atoms with Gasteiger partial charge in [0.2, 0.25) is 0 Å². The van der Waals surface area contributed by atoms with E-state index in [9.17, 15) is 9.59 Å². The minimum Gasteiger partial charge on any atom is -0.497 e. The molecule has 10 heteroatoms. The van der Waals surface area contributed by atoms with E-state index in [1.165, 1.54) is 7.11 Å². The van der Waals surface area contributed by atoms with Crippen LogP contribution in [-0.2, 0) is 29.7 Å². The summed E-state index contributed by atoms with van der Waals surface area (Å²) in [6.45, 7) is 25.3. The average molecular weight is 690 g/mol. The first-order chi connectivity index (χ1) is 17.8. The van der Waals surface area contributed by atoms with E-state index in [0.717, 1.165) is 9.61 Å². The predicted molar refractivity (Wildman–Crippen MR) is 170 cm³/mol. The molecule has 7 nitrogen and oxygen atoms in total. The summed E-state index contributed by atoms with van der Waals surface area (Å²) in [7, 11) is -1.84. The van der Waals surface area contributed by atoms with Crippen molar-refractivity contribution in [2.45, 2.75) is 96.6 Å². The lowest BCUT2D eigenvalue weighted by molar-refractivity contribution is -0.183. The molecule has 1 amide bonds. The summed E-state index contributed by atoms with van der Waals surface area (Å²) in [5.74, 6) is -0.329. The Bertz CT molecular complexity index is 1070. The Morgan fingerprint density at radius 1 is 1.10 bits per heavy atom. The quantitative estimate of drug-likeness (QED) is 0.0868. The fraction of sp³-hybridized carbons (Fsp3) is 0.655. The topological polar surface area (TPSA) is 74.3 Å². The van der Waals surface area contributed by atoms with Gasteiger partial charge in [0.25, 0.3) is 5.91 Å². The number of methoxy groups -OCH3 is 2. The zero-order chi connectivity index (χ0) is 30.2. The molecule has 0 aromatic heterocycles. The zero-order valence-corrected chi connectivity index (χ0v) is 30.0. The van der Waals surface area contributed by atoms with Gasteiger partial charge in [0.15, 0.2) is 22.2 Å². The molecule has 0 radical (unpaired) electrons. The van der Waals surface area contributed by atoms with Crippen LogP contribution in [0.25, 0.3) is 0 Å². The maximum absolute atomic E-state index is 14.4. The summed E-state index contributed by atoms with van der Waals surface area (Å²) in [6.07, 6.45) is -0.712. The lowest BCUT2D eigenvalue weighted by atomic mass is 9.72. The highest BCUT2D eigenvalue weighted by atomic mass is 127. The number of rotatable bonds is 11. The molecule has 0 N–H and O–H groups in total. The molecule has 0 bridgehead atoms. The van der Waals surface area contributed by atoms with Crippen molar-refractivity contribution in [2.75, 3.05) is 18.3 Å². The number of halogens is 1. The third-order valence-corrected chi connectivity index (χ3v) is 19.8. The van der Waals surface area contributed by atoms with Gasteiger partial charge >= 0.3 is 5.97 Å². The van der Waals surface area contributed by atoms with Gasteiger partial charge in [0.1, 0.15) is 11.4 Å². The molecule has 0 saturated carbocycles. The van der Waals surface area contributed by atoms with Crippen LogP contribution in [-0.4, -0.2) is 68.9 Å². The first-order valence-electron chi connectivity index (χ1n) is 13.4. The van der Waals surface area contributed by atoms with Gasteiger partial charge in [-0.05, 0) is 61.8 Å². The average Bonchev–Trinajstić information content (AvgIpc) is 2.99. The van der Waals surface area contributed by atoms with Crippen molar-refractivity contribution in [1.82, 2.24) is 4.90 Å². The standard InChI is InChI=1S/C29H48INO6Si2/c1-20(2)24(36-39(12,13)27(4,5)6)29(26(33)35-9)28(7,37-38(10,11)19-30)21(3)25(32)31(29)18-22-14-16-23(34-8)17-15-22/h14-17,20,24H,3,18-19H2,1-2,4-13H3/t24-,28-,29-/m0/s1. The van der Waals surface area contributed by atoms with Crippen molar-refractivity contribution < 1.29 is 27.9 Å². The molecular weight excluding hydrogens is 641 g/mol. The molecule has 1 saturated heterocycles. The van der Waals surface area contributed by atoms with Crippen LogP contribution in [0.4, 0.5) is 0 Å². The van der Waals surface area contributed by atoms with Crippen LogP contribution in [0, 0.1) is 5.92 Å². The molecule has 1 aromatic rings. The third kappa shape index (κ3) is 6.19. The first-order valence-corrected chi connectivity index (χ1v) is 21.0. The number of likely N-dealkylation sites (tertiary alicyclic amines) is 1. The van der Waals surface area contributed by atoms with Crippen LogP contribution >= 0.6 is 22.6 Å². The number of benzene rings is 1. The molecule has 0 unspecified atom stereocenters. The van der Waals surface area contributed by atoms with Gasteiger partial charge < -0.3 is 23.2 Å². The molecule has 1 aliphatic rings. The number of nitrogens with zero attached hydrogens (tertiary/aromatic N) is 1. The molecule has 0 spiro atoms. The molecule has 0 aliphatic carbocycles. The summed E-state index contributed by atoms with van der Waals surface area (Å²) >= 11 is 2.32. The van der Waals surface area contributed by atoms with Crippen molar-refractivity contribution in [3.05, 3.63) is 42.0 Å². The Labute approximate surface area is 251 Å². The highest BCUT2D eigenvalue weighted by Crippen LogP contribution is 2.53. The lowest BCUT2D eigenvalue weighted by Gasteiger charge is -2.54. The van der Waals surface area contributed by atoms with Crippen molar-refractivity contribution in [2.24, 2.45) is 5.92 Å². The Morgan fingerprint density at radius 3 is 2.05 bits per heavy atom. The number of alkyl halides is 1. The fourth-order valence-corrected chi connectivity index (χ4v) is 8.38. The molecule has 1 aromatic carbocycles. The predicted octanol–water partition coefficient (Wildman–Crippen LogP) is 6.51. The molecule has 1 fully saturated rings. The van der Waals surface area contributed by atoms with Gasteiger partial charge in [0, 0.05) is 16.2 Å². The summed E-state index contributed by atoms with van der Waals surface area (Å²) < 4.78 is 25.8. The Balaban J connectivity index is 2.96. The van der Waals surface area contributed by atoms with E-state index in [1.807, 2.05) is 45.0 Å². The molecule has 39 heavy (non-hydrogen) atoms. The highest BCUT2D eigenvalue weighted by molar-refractivity contribution is 14.1. The minimum absolute atomic E-state index is 0.134. The van der Waals surface area contributed by atoms with Gasteiger partial charge in [-0.3, -0.25) is 4.79 Å². The monoisotopic (exact) mass is 689 g/mol. The zero-order valence-electron chi connectivity index (χ0n) is 25.9. The van der Waals surface area contributed by atoms with Crippen LogP contribution in [0.1, 0.15) is 47.1 Å². The van der Waals surface area contributed by atoms with Crippen molar-refractivity contribution in [3.8, 4) is 5.75 Å². The maximum Gasteiger partial charge on any atom is 0.337 e. The molecule has 1 heterocycles. The molecule has 3 atom stereocenters. The number of carbonyl (C=O) groups excluding carboxylic acids is 2. The normalized spacial score (nSPS) is 23.4. The van der Waals surface area contributed by atoms with Gasteiger partial charge in [-0.25, -0.2) is 4.79 Å². The second kappa shape index (κ2) is 11.9. The minimum atomic E-state index is -2.45. The van der Waals surface area contributed by atoms with Gasteiger partial charge in [-0.2, -0.15) is 0 Å². The number of amides is 1. The van der Waals surface area contributed by atoms with Crippen LogP contribution in [0.3, 0.4) is 0 Å². The van der Waals surface area contributed by atoms with Gasteiger partial charge in [-0.15, -0.1) is 0 Å². The SMILES string of the molecule is C=C1C(=O)N(Cc2ccc(OC)cc2)[C@](C(=O)OC)([C@@H](O[Si](C)(C)C(C)(C)C)C(C)C)[C@@]1(C)O[Si](C)(C)CI. The Morgan fingerprint density at radius 2 is 1.64 bits per heavy atom. The van der Waals surface area contributed by atoms with Crippen molar-refractivity contribution in [1.29, 1.82) is 0 Å². The Hall–Kier alpha value is -1.22.